The lowest BCUT2D eigenvalue weighted by Gasteiger charge is -2.07. The number of benzene rings is 2. The lowest BCUT2D eigenvalue weighted by Crippen LogP contribution is -2.18. The van der Waals surface area contributed by atoms with Crippen molar-refractivity contribution < 1.29 is 18.3 Å². The van der Waals surface area contributed by atoms with E-state index in [4.69, 9.17) is 10.6 Å². The second-order valence-electron chi connectivity index (χ2n) is 5.72. The Bertz CT molecular complexity index is 1050. The standard InChI is InChI=1S/C18H17F2N7O2S/c1-29-14-8-3-2-5-11(14)9-22-24-17-25-26-18(27(17)21)30-10-15(28)23-16-12(19)6-4-7-13(16)20/h2-9H,10,21H2,1H3,(H,23,28)(H,24,25)/b22-9+. The average molecular weight is 433 g/mol. The number of nitrogen functional groups attached to an aromatic ring is 1. The number of carbonyl (C=O) groups is 1. The van der Waals surface area contributed by atoms with Gasteiger partial charge in [0.05, 0.1) is 19.1 Å². The third kappa shape index (κ3) is 5.03. The first kappa shape index (κ1) is 21.0. The summed E-state index contributed by atoms with van der Waals surface area (Å²) in [6.07, 6.45) is 1.52. The van der Waals surface area contributed by atoms with Crippen LogP contribution in [0.1, 0.15) is 5.56 Å². The molecule has 0 bridgehead atoms. The molecule has 3 aromatic rings. The van der Waals surface area contributed by atoms with E-state index in [1.165, 1.54) is 12.3 Å². The third-order valence-corrected chi connectivity index (χ3v) is 4.67. The fraction of sp³-hybridized carbons (Fsp3) is 0.111. The first-order valence-electron chi connectivity index (χ1n) is 8.49. The summed E-state index contributed by atoms with van der Waals surface area (Å²) < 4.78 is 33.5. The fourth-order valence-electron chi connectivity index (χ4n) is 2.31. The number of nitrogens with zero attached hydrogens (tertiary/aromatic N) is 4. The Morgan fingerprint density at radius 3 is 2.70 bits per heavy atom. The van der Waals surface area contributed by atoms with Crippen LogP contribution in [0.4, 0.5) is 20.4 Å². The van der Waals surface area contributed by atoms with Crippen LogP contribution in [-0.2, 0) is 4.79 Å². The van der Waals surface area contributed by atoms with Gasteiger partial charge in [-0.2, -0.15) is 5.10 Å². The van der Waals surface area contributed by atoms with E-state index in [2.05, 4.69) is 26.0 Å². The van der Waals surface area contributed by atoms with Gasteiger partial charge in [0, 0.05) is 5.56 Å². The summed E-state index contributed by atoms with van der Waals surface area (Å²) in [6, 6.07) is 10.6. The molecule has 12 heteroatoms. The van der Waals surface area contributed by atoms with Crippen LogP contribution in [-0.4, -0.2) is 39.9 Å². The van der Waals surface area contributed by atoms with E-state index < -0.39 is 23.2 Å². The van der Waals surface area contributed by atoms with Gasteiger partial charge in [-0.3, -0.25) is 4.79 Å². The van der Waals surface area contributed by atoms with Gasteiger partial charge in [0.1, 0.15) is 23.1 Å². The minimum atomic E-state index is -0.866. The van der Waals surface area contributed by atoms with Crippen molar-refractivity contribution in [2.75, 3.05) is 29.4 Å². The molecule has 0 saturated carbocycles. The summed E-state index contributed by atoms with van der Waals surface area (Å²) in [4.78, 5) is 12.0. The fourth-order valence-corrected chi connectivity index (χ4v) is 2.96. The number of nitrogens with one attached hydrogen (secondary N) is 2. The minimum Gasteiger partial charge on any atom is -0.496 e. The quantitative estimate of drug-likeness (QED) is 0.216. The van der Waals surface area contributed by atoms with Gasteiger partial charge in [-0.15, -0.1) is 10.2 Å². The lowest BCUT2D eigenvalue weighted by atomic mass is 10.2. The van der Waals surface area contributed by atoms with E-state index in [0.29, 0.717) is 5.75 Å². The highest BCUT2D eigenvalue weighted by Gasteiger charge is 2.15. The Balaban J connectivity index is 1.57. The molecular formula is C18H17F2N7O2S. The van der Waals surface area contributed by atoms with E-state index in [1.807, 2.05) is 18.2 Å². The highest BCUT2D eigenvalue weighted by molar-refractivity contribution is 7.99. The summed E-state index contributed by atoms with van der Waals surface area (Å²) in [5.74, 6) is 4.11. The number of ether oxygens (including phenoxy) is 1. The van der Waals surface area contributed by atoms with Crippen molar-refractivity contribution in [1.82, 2.24) is 14.9 Å². The maximum Gasteiger partial charge on any atom is 0.264 e. The van der Waals surface area contributed by atoms with Gasteiger partial charge in [0.15, 0.2) is 0 Å². The molecule has 0 spiro atoms. The number of amides is 1. The number of hydrazone groups is 1. The molecular weight excluding hydrogens is 416 g/mol. The van der Waals surface area contributed by atoms with Crippen molar-refractivity contribution in [2.45, 2.75) is 5.16 Å². The number of methoxy groups -OCH3 is 1. The van der Waals surface area contributed by atoms with Crippen LogP contribution in [0.3, 0.4) is 0 Å². The van der Waals surface area contributed by atoms with Crippen LogP contribution in [0.15, 0.2) is 52.7 Å². The Morgan fingerprint density at radius 1 is 1.23 bits per heavy atom. The first-order valence-corrected chi connectivity index (χ1v) is 9.47. The highest BCUT2D eigenvalue weighted by Crippen LogP contribution is 2.20. The monoisotopic (exact) mass is 433 g/mol. The average Bonchev–Trinajstić information content (AvgIpc) is 3.09. The SMILES string of the molecule is COc1ccccc1/C=N/Nc1nnc(SCC(=O)Nc2c(F)cccc2F)n1N. The molecule has 0 aliphatic rings. The second kappa shape index (κ2) is 9.69. The molecule has 1 aromatic heterocycles. The molecule has 0 aliphatic carbocycles. The van der Waals surface area contributed by atoms with Gasteiger partial charge >= 0.3 is 0 Å². The Kier molecular flexibility index (Phi) is 6.80. The zero-order valence-electron chi connectivity index (χ0n) is 15.7. The molecule has 1 heterocycles. The zero-order chi connectivity index (χ0) is 21.5. The topological polar surface area (TPSA) is 119 Å². The molecule has 3 rings (SSSR count). The molecule has 2 aromatic carbocycles. The molecule has 30 heavy (non-hydrogen) atoms. The molecule has 0 atom stereocenters. The number of thioether (sulfide) groups is 1. The second-order valence-corrected chi connectivity index (χ2v) is 6.66. The third-order valence-electron chi connectivity index (χ3n) is 3.73. The van der Waals surface area contributed by atoms with E-state index in [1.54, 1.807) is 13.2 Å². The van der Waals surface area contributed by atoms with Crippen molar-refractivity contribution in [3.63, 3.8) is 0 Å². The minimum absolute atomic E-state index is 0.129. The number of hydrogen-bond acceptors (Lipinski definition) is 8. The van der Waals surface area contributed by atoms with E-state index in [0.717, 1.165) is 34.1 Å². The molecule has 0 unspecified atom stereocenters. The maximum absolute atomic E-state index is 13.6. The van der Waals surface area contributed by atoms with Crippen LogP contribution < -0.4 is 21.3 Å². The predicted molar refractivity (Wildman–Crippen MR) is 110 cm³/mol. The summed E-state index contributed by atoms with van der Waals surface area (Å²) in [5.41, 5.74) is 2.87. The predicted octanol–water partition coefficient (Wildman–Crippen LogP) is 2.46. The zero-order valence-corrected chi connectivity index (χ0v) is 16.5. The van der Waals surface area contributed by atoms with Crippen molar-refractivity contribution in [3.05, 3.63) is 59.7 Å². The maximum atomic E-state index is 13.6. The van der Waals surface area contributed by atoms with E-state index in [9.17, 15) is 13.6 Å². The van der Waals surface area contributed by atoms with Crippen molar-refractivity contribution >= 4 is 35.5 Å². The molecule has 4 N–H and O–H groups in total. The number of carbonyl (C=O) groups excluding carboxylic acids is 1. The molecule has 156 valence electrons. The number of rotatable bonds is 8. The van der Waals surface area contributed by atoms with Gasteiger partial charge in [-0.25, -0.2) is 18.9 Å². The number of nitrogens with two attached hydrogens (primary N) is 1. The molecule has 0 aliphatic heterocycles. The first-order chi connectivity index (χ1) is 14.5. The summed E-state index contributed by atoms with van der Waals surface area (Å²) in [7, 11) is 1.55. The van der Waals surface area contributed by atoms with Crippen molar-refractivity contribution in [2.24, 2.45) is 5.10 Å². The van der Waals surface area contributed by atoms with Gasteiger partial charge < -0.3 is 15.9 Å². The molecule has 0 radical (unpaired) electrons. The van der Waals surface area contributed by atoms with Gasteiger partial charge in [0.2, 0.25) is 11.1 Å². The smallest absolute Gasteiger partial charge is 0.264 e. The number of anilines is 2. The van der Waals surface area contributed by atoms with Crippen molar-refractivity contribution in [3.8, 4) is 5.75 Å². The Hall–Kier alpha value is -3.67. The Morgan fingerprint density at radius 2 is 1.97 bits per heavy atom. The number of para-hydroxylation sites is 2. The Labute approximate surface area is 174 Å². The normalized spacial score (nSPS) is 10.9. The molecule has 9 nitrogen and oxygen atoms in total. The van der Waals surface area contributed by atoms with Crippen molar-refractivity contribution in [1.29, 1.82) is 0 Å². The van der Waals surface area contributed by atoms with E-state index in [-0.39, 0.29) is 16.9 Å². The van der Waals surface area contributed by atoms with Gasteiger partial charge in [-0.05, 0) is 24.3 Å². The van der Waals surface area contributed by atoms with Gasteiger partial charge in [0.25, 0.3) is 5.95 Å². The van der Waals surface area contributed by atoms with Crippen LogP contribution in [0.25, 0.3) is 0 Å². The summed E-state index contributed by atoms with van der Waals surface area (Å²) in [6.45, 7) is 0. The summed E-state index contributed by atoms with van der Waals surface area (Å²) >= 11 is 0.938. The number of aromatic nitrogens is 3. The molecule has 0 fully saturated rings. The van der Waals surface area contributed by atoms with Crippen LogP contribution >= 0.6 is 11.8 Å². The van der Waals surface area contributed by atoms with Gasteiger partial charge in [-0.1, -0.05) is 30.0 Å². The van der Waals surface area contributed by atoms with E-state index >= 15 is 0 Å². The summed E-state index contributed by atoms with van der Waals surface area (Å²) in [5, 5.41) is 14.1. The van der Waals surface area contributed by atoms with Crippen LogP contribution in [0, 0.1) is 11.6 Å². The molecule has 1 amide bonds. The molecule has 0 saturated heterocycles. The van der Waals surface area contributed by atoms with Crippen LogP contribution in [0.2, 0.25) is 0 Å². The number of halogens is 2. The van der Waals surface area contributed by atoms with Crippen LogP contribution in [0.5, 0.6) is 5.75 Å². The lowest BCUT2D eigenvalue weighted by molar-refractivity contribution is -0.113. The highest BCUT2D eigenvalue weighted by atomic mass is 32.2. The number of hydrogen-bond donors (Lipinski definition) is 3. The largest absolute Gasteiger partial charge is 0.496 e.